The van der Waals surface area contributed by atoms with Gasteiger partial charge < -0.3 is 10.3 Å². The number of aromatic amines is 1. The number of rotatable bonds is 3. The SMILES string of the molecule is CCc1nc2ccc(NC(=O)c3cccc(C#N)c3)cc2[nH]1. The summed E-state index contributed by atoms with van der Waals surface area (Å²) in [5.41, 5.74) is 3.37. The van der Waals surface area contributed by atoms with Crippen LogP contribution < -0.4 is 5.32 Å². The molecule has 0 aliphatic carbocycles. The van der Waals surface area contributed by atoms with E-state index in [0.29, 0.717) is 16.8 Å². The largest absolute Gasteiger partial charge is 0.342 e. The van der Waals surface area contributed by atoms with Crippen LogP contribution in [0.3, 0.4) is 0 Å². The number of anilines is 1. The lowest BCUT2D eigenvalue weighted by Gasteiger charge is -2.05. The van der Waals surface area contributed by atoms with Crippen LogP contribution in [0.25, 0.3) is 11.0 Å². The molecule has 0 saturated carbocycles. The van der Waals surface area contributed by atoms with E-state index in [4.69, 9.17) is 5.26 Å². The molecule has 0 atom stereocenters. The second-order valence-electron chi connectivity index (χ2n) is 4.92. The molecule has 3 rings (SSSR count). The predicted molar refractivity (Wildman–Crippen MR) is 84.6 cm³/mol. The molecule has 3 aromatic rings. The highest BCUT2D eigenvalue weighted by molar-refractivity contribution is 6.05. The monoisotopic (exact) mass is 290 g/mol. The summed E-state index contributed by atoms with van der Waals surface area (Å²) in [6.07, 6.45) is 0.831. The Hall–Kier alpha value is -3.13. The molecule has 0 aliphatic rings. The van der Waals surface area contributed by atoms with Gasteiger partial charge in [-0.1, -0.05) is 13.0 Å². The Bertz CT molecular complexity index is 889. The van der Waals surface area contributed by atoms with Gasteiger partial charge in [-0.3, -0.25) is 4.79 Å². The van der Waals surface area contributed by atoms with Gasteiger partial charge in [0.05, 0.1) is 22.7 Å². The highest BCUT2D eigenvalue weighted by atomic mass is 16.1. The Balaban J connectivity index is 1.85. The van der Waals surface area contributed by atoms with E-state index < -0.39 is 0 Å². The minimum Gasteiger partial charge on any atom is -0.342 e. The maximum absolute atomic E-state index is 12.2. The molecule has 5 heteroatoms. The van der Waals surface area contributed by atoms with Crippen molar-refractivity contribution in [1.82, 2.24) is 9.97 Å². The molecule has 0 fully saturated rings. The number of nitrogens with zero attached hydrogens (tertiary/aromatic N) is 2. The average Bonchev–Trinajstić information content (AvgIpc) is 2.97. The van der Waals surface area contributed by atoms with Gasteiger partial charge in [0.1, 0.15) is 5.82 Å². The molecular weight excluding hydrogens is 276 g/mol. The van der Waals surface area contributed by atoms with Crippen molar-refractivity contribution in [3.05, 3.63) is 59.4 Å². The van der Waals surface area contributed by atoms with Gasteiger partial charge in [-0.2, -0.15) is 5.26 Å². The van der Waals surface area contributed by atoms with Crippen molar-refractivity contribution in [1.29, 1.82) is 5.26 Å². The predicted octanol–water partition coefficient (Wildman–Crippen LogP) is 3.25. The van der Waals surface area contributed by atoms with Gasteiger partial charge in [-0.15, -0.1) is 0 Å². The summed E-state index contributed by atoms with van der Waals surface area (Å²) in [5, 5.41) is 11.7. The molecule has 0 spiro atoms. The van der Waals surface area contributed by atoms with E-state index in [1.54, 1.807) is 24.3 Å². The van der Waals surface area contributed by atoms with Gasteiger partial charge in [-0.25, -0.2) is 4.98 Å². The maximum atomic E-state index is 12.2. The Labute approximate surface area is 127 Å². The van der Waals surface area contributed by atoms with E-state index >= 15 is 0 Å². The van der Waals surface area contributed by atoms with Crippen molar-refractivity contribution in [3.63, 3.8) is 0 Å². The van der Waals surface area contributed by atoms with Gasteiger partial charge in [0.2, 0.25) is 0 Å². The van der Waals surface area contributed by atoms with Gasteiger partial charge in [0.15, 0.2) is 0 Å². The first kappa shape index (κ1) is 13.8. The van der Waals surface area contributed by atoms with Gasteiger partial charge >= 0.3 is 0 Å². The molecule has 2 aromatic carbocycles. The van der Waals surface area contributed by atoms with Crippen LogP contribution in [0.4, 0.5) is 5.69 Å². The summed E-state index contributed by atoms with van der Waals surface area (Å²) >= 11 is 0. The van der Waals surface area contributed by atoms with Crippen molar-refractivity contribution >= 4 is 22.6 Å². The number of hydrogen-bond acceptors (Lipinski definition) is 3. The Morgan fingerprint density at radius 3 is 2.95 bits per heavy atom. The van der Waals surface area contributed by atoms with Crippen LogP contribution in [0.2, 0.25) is 0 Å². The molecule has 2 N–H and O–H groups in total. The first-order valence-electron chi connectivity index (χ1n) is 7.00. The fraction of sp³-hybridized carbons (Fsp3) is 0.118. The fourth-order valence-corrected chi connectivity index (χ4v) is 2.24. The molecule has 0 radical (unpaired) electrons. The number of aromatic nitrogens is 2. The number of nitriles is 1. The number of hydrogen-bond donors (Lipinski definition) is 2. The minimum absolute atomic E-state index is 0.244. The zero-order valence-corrected chi connectivity index (χ0v) is 12.1. The average molecular weight is 290 g/mol. The number of carbonyl (C=O) groups is 1. The first-order valence-corrected chi connectivity index (χ1v) is 7.00. The molecule has 0 unspecified atom stereocenters. The van der Waals surface area contributed by atoms with E-state index in [2.05, 4.69) is 15.3 Å². The maximum Gasteiger partial charge on any atom is 0.255 e. The second kappa shape index (κ2) is 5.70. The van der Waals surface area contributed by atoms with Crippen LogP contribution in [0.1, 0.15) is 28.7 Å². The topological polar surface area (TPSA) is 81.6 Å². The zero-order chi connectivity index (χ0) is 15.5. The summed E-state index contributed by atoms with van der Waals surface area (Å²) in [5.74, 6) is 0.673. The van der Waals surface area contributed by atoms with Crippen LogP contribution in [0.5, 0.6) is 0 Å². The lowest BCUT2D eigenvalue weighted by molar-refractivity contribution is 0.102. The third-order valence-electron chi connectivity index (χ3n) is 3.38. The highest BCUT2D eigenvalue weighted by Gasteiger charge is 2.08. The third-order valence-corrected chi connectivity index (χ3v) is 3.38. The summed E-state index contributed by atoms with van der Waals surface area (Å²) < 4.78 is 0. The van der Waals surface area contributed by atoms with Crippen molar-refractivity contribution in [2.75, 3.05) is 5.32 Å². The van der Waals surface area contributed by atoms with Gasteiger partial charge in [-0.05, 0) is 36.4 Å². The van der Waals surface area contributed by atoms with Crippen LogP contribution in [-0.4, -0.2) is 15.9 Å². The van der Waals surface area contributed by atoms with Crippen LogP contribution >= 0.6 is 0 Å². The van der Waals surface area contributed by atoms with E-state index in [-0.39, 0.29) is 5.91 Å². The lowest BCUT2D eigenvalue weighted by Crippen LogP contribution is -2.11. The van der Waals surface area contributed by atoms with Crippen molar-refractivity contribution < 1.29 is 4.79 Å². The van der Waals surface area contributed by atoms with E-state index in [0.717, 1.165) is 23.3 Å². The third kappa shape index (κ3) is 2.67. The number of imidazole rings is 1. The Morgan fingerprint density at radius 2 is 2.18 bits per heavy atom. The van der Waals surface area contributed by atoms with E-state index in [9.17, 15) is 4.79 Å². The fourth-order valence-electron chi connectivity index (χ4n) is 2.24. The van der Waals surface area contributed by atoms with Crippen molar-refractivity contribution in [2.24, 2.45) is 0 Å². The normalized spacial score (nSPS) is 10.4. The highest BCUT2D eigenvalue weighted by Crippen LogP contribution is 2.18. The Kier molecular flexibility index (Phi) is 3.58. The van der Waals surface area contributed by atoms with Gasteiger partial charge in [0.25, 0.3) is 5.91 Å². The molecule has 108 valence electrons. The van der Waals surface area contributed by atoms with Crippen LogP contribution in [-0.2, 0) is 6.42 Å². The van der Waals surface area contributed by atoms with Crippen LogP contribution in [0.15, 0.2) is 42.5 Å². The second-order valence-corrected chi connectivity index (χ2v) is 4.92. The van der Waals surface area contributed by atoms with E-state index in [1.165, 1.54) is 0 Å². The number of aryl methyl sites for hydroxylation is 1. The molecule has 22 heavy (non-hydrogen) atoms. The number of nitrogens with one attached hydrogen (secondary N) is 2. The van der Waals surface area contributed by atoms with Crippen molar-refractivity contribution in [2.45, 2.75) is 13.3 Å². The standard InChI is InChI=1S/C17H14N4O/c1-2-16-20-14-7-6-13(9-15(14)21-16)19-17(22)12-5-3-4-11(8-12)10-18/h3-9H,2H2,1H3,(H,19,22)(H,20,21). The first-order chi connectivity index (χ1) is 10.7. The van der Waals surface area contributed by atoms with Crippen LogP contribution in [0, 0.1) is 11.3 Å². The van der Waals surface area contributed by atoms with Crippen molar-refractivity contribution in [3.8, 4) is 6.07 Å². The summed E-state index contributed by atoms with van der Waals surface area (Å²) in [4.78, 5) is 19.9. The quantitative estimate of drug-likeness (QED) is 0.776. The zero-order valence-electron chi connectivity index (χ0n) is 12.1. The molecule has 1 aromatic heterocycles. The summed E-state index contributed by atoms with van der Waals surface area (Å²) in [6.45, 7) is 2.03. The summed E-state index contributed by atoms with van der Waals surface area (Å²) in [6, 6.07) is 14.2. The number of H-pyrrole nitrogens is 1. The molecule has 5 nitrogen and oxygen atoms in total. The minimum atomic E-state index is -0.244. The smallest absolute Gasteiger partial charge is 0.255 e. The number of carbonyl (C=O) groups excluding carboxylic acids is 1. The molecular formula is C17H14N4O. The van der Waals surface area contributed by atoms with Gasteiger partial charge in [0, 0.05) is 17.7 Å². The number of amides is 1. The molecule has 0 aliphatic heterocycles. The molecule has 1 heterocycles. The lowest BCUT2D eigenvalue weighted by atomic mass is 10.1. The number of fused-ring (bicyclic) bond motifs is 1. The molecule has 1 amide bonds. The Morgan fingerprint density at radius 1 is 1.32 bits per heavy atom. The van der Waals surface area contributed by atoms with E-state index in [1.807, 2.05) is 31.2 Å². The summed E-state index contributed by atoms with van der Waals surface area (Å²) in [7, 11) is 0. The number of benzene rings is 2. The molecule has 0 saturated heterocycles. The molecule has 0 bridgehead atoms.